The van der Waals surface area contributed by atoms with Crippen LogP contribution in [0, 0.1) is 0 Å². The van der Waals surface area contributed by atoms with Crippen molar-refractivity contribution in [3.63, 3.8) is 0 Å². The molecule has 0 unspecified atom stereocenters. The van der Waals surface area contributed by atoms with Crippen molar-refractivity contribution in [3.8, 4) is 11.5 Å². The third-order valence-electron chi connectivity index (χ3n) is 8.28. The van der Waals surface area contributed by atoms with E-state index in [-0.39, 0.29) is 60.9 Å². The molecule has 6 rings (SSSR count). The van der Waals surface area contributed by atoms with Crippen molar-refractivity contribution in [2.75, 3.05) is 13.1 Å². The molecule has 0 aromatic heterocycles. The average molecular weight is 558 g/mol. The number of alkyl halides is 3. The van der Waals surface area contributed by atoms with Gasteiger partial charge in [-0.2, -0.15) is 5.01 Å². The molecule has 2 aromatic rings. The van der Waals surface area contributed by atoms with Gasteiger partial charge < -0.3 is 9.47 Å². The minimum atomic E-state index is -4.70. The molecule has 2 saturated heterocycles. The van der Waals surface area contributed by atoms with Crippen molar-refractivity contribution in [2.24, 2.45) is 0 Å². The van der Waals surface area contributed by atoms with Crippen LogP contribution in [0.25, 0.3) is 0 Å². The molecule has 3 aliphatic heterocycles. The predicted molar refractivity (Wildman–Crippen MR) is 136 cm³/mol. The molecule has 3 heterocycles. The fourth-order valence-electron chi connectivity index (χ4n) is 6.27. The molecule has 0 spiro atoms. The van der Waals surface area contributed by atoms with Gasteiger partial charge in [0.1, 0.15) is 17.6 Å². The third kappa shape index (κ3) is 5.26. The first kappa shape index (κ1) is 26.6. The summed E-state index contributed by atoms with van der Waals surface area (Å²) in [5.41, 5.74) is 2.18. The quantitative estimate of drug-likeness (QED) is 0.476. The standard InChI is InChI=1S/C29H30F3N3O5/c30-29(31,32)40-21-10-8-18(9-11-21)20-15-33(16-20)24-4-1-2-5-25(24)39-22-12-13-23-19(14-22)17-34(28(23)38)35-26(36)6-3-7-27(35)37/h8-14,20,24-25H,1-7,15-17H2/t24-,25-/m1/s1. The van der Waals surface area contributed by atoms with Gasteiger partial charge in [0.25, 0.3) is 5.91 Å². The molecule has 0 bridgehead atoms. The van der Waals surface area contributed by atoms with E-state index in [4.69, 9.17) is 4.74 Å². The molecular formula is C29H30F3N3O5. The Morgan fingerprint density at radius 1 is 0.825 bits per heavy atom. The summed E-state index contributed by atoms with van der Waals surface area (Å²) in [6.45, 7) is 1.75. The van der Waals surface area contributed by atoms with E-state index in [9.17, 15) is 27.6 Å². The second-order valence-corrected chi connectivity index (χ2v) is 10.9. The molecule has 8 nitrogen and oxygen atoms in total. The molecule has 3 fully saturated rings. The number of amides is 3. The Morgan fingerprint density at radius 3 is 2.20 bits per heavy atom. The van der Waals surface area contributed by atoms with Crippen LogP contribution in [0.15, 0.2) is 42.5 Å². The van der Waals surface area contributed by atoms with Crippen LogP contribution in [0.3, 0.4) is 0 Å². The number of benzene rings is 2. The van der Waals surface area contributed by atoms with E-state index in [0.29, 0.717) is 17.7 Å². The number of hydrogen-bond donors (Lipinski definition) is 0. The highest BCUT2D eigenvalue weighted by atomic mass is 19.4. The van der Waals surface area contributed by atoms with Gasteiger partial charge in [-0.1, -0.05) is 18.6 Å². The van der Waals surface area contributed by atoms with Crippen LogP contribution in [0.1, 0.15) is 72.3 Å². The highest BCUT2D eigenvalue weighted by Gasteiger charge is 2.41. The number of hydrazine groups is 1. The summed E-state index contributed by atoms with van der Waals surface area (Å²) in [6, 6.07) is 11.6. The van der Waals surface area contributed by atoms with E-state index >= 15 is 0 Å². The van der Waals surface area contributed by atoms with Crippen LogP contribution in [-0.2, 0) is 16.1 Å². The summed E-state index contributed by atoms with van der Waals surface area (Å²) in [5.74, 6) is -0.389. The number of hydrogen-bond acceptors (Lipinski definition) is 6. The number of nitrogens with zero attached hydrogens (tertiary/aromatic N) is 3. The van der Waals surface area contributed by atoms with Gasteiger partial charge >= 0.3 is 6.36 Å². The lowest BCUT2D eigenvalue weighted by Crippen LogP contribution is -2.57. The monoisotopic (exact) mass is 557 g/mol. The van der Waals surface area contributed by atoms with Crippen LogP contribution in [0.4, 0.5) is 13.2 Å². The Balaban J connectivity index is 1.09. The molecule has 3 amide bonds. The second kappa shape index (κ2) is 10.4. The molecule has 40 heavy (non-hydrogen) atoms. The van der Waals surface area contributed by atoms with E-state index in [1.807, 2.05) is 6.07 Å². The average Bonchev–Trinajstić information content (AvgIpc) is 3.19. The van der Waals surface area contributed by atoms with Gasteiger partial charge in [0.15, 0.2) is 0 Å². The maximum atomic E-state index is 13.0. The maximum Gasteiger partial charge on any atom is 0.573 e. The molecular weight excluding hydrogens is 527 g/mol. The molecule has 11 heteroatoms. The zero-order valence-electron chi connectivity index (χ0n) is 21.9. The number of carbonyl (C=O) groups is 3. The number of halogens is 3. The first-order valence-corrected chi connectivity index (χ1v) is 13.7. The fraction of sp³-hybridized carbons (Fsp3) is 0.483. The highest BCUT2D eigenvalue weighted by Crippen LogP contribution is 2.37. The lowest BCUT2D eigenvalue weighted by atomic mass is 9.84. The number of ether oxygens (including phenoxy) is 2. The van der Waals surface area contributed by atoms with Crippen molar-refractivity contribution in [3.05, 3.63) is 59.2 Å². The number of likely N-dealkylation sites (tertiary alicyclic amines) is 1. The molecule has 1 aliphatic carbocycles. The molecule has 2 atom stereocenters. The zero-order chi connectivity index (χ0) is 28.0. The number of imide groups is 1. The fourth-order valence-corrected chi connectivity index (χ4v) is 6.27. The smallest absolute Gasteiger partial charge is 0.489 e. The summed E-state index contributed by atoms with van der Waals surface area (Å²) >= 11 is 0. The summed E-state index contributed by atoms with van der Waals surface area (Å²) < 4.78 is 47.8. The minimum Gasteiger partial charge on any atom is -0.489 e. The van der Waals surface area contributed by atoms with Gasteiger partial charge in [-0.15, -0.1) is 13.2 Å². The Hall–Kier alpha value is -3.60. The highest BCUT2D eigenvalue weighted by molar-refractivity contribution is 6.04. The predicted octanol–water partition coefficient (Wildman–Crippen LogP) is 4.78. The van der Waals surface area contributed by atoms with E-state index in [1.165, 1.54) is 17.1 Å². The van der Waals surface area contributed by atoms with Crippen molar-refractivity contribution in [2.45, 2.75) is 75.9 Å². The zero-order valence-corrected chi connectivity index (χ0v) is 21.9. The lowest BCUT2D eigenvalue weighted by Gasteiger charge is -2.48. The number of carbonyl (C=O) groups excluding carboxylic acids is 3. The summed E-state index contributed by atoms with van der Waals surface area (Å²) in [5, 5.41) is 2.24. The van der Waals surface area contributed by atoms with Crippen LogP contribution in [0.2, 0.25) is 0 Å². The van der Waals surface area contributed by atoms with E-state index in [0.717, 1.165) is 54.9 Å². The Labute approximate surface area is 229 Å². The molecule has 4 aliphatic rings. The van der Waals surface area contributed by atoms with Crippen LogP contribution in [0.5, 0.6) is 11.5 Å². The summed E-state index contributed by atoms with van der Waals surface area (Å²) in [6.07, 6.45) is 0.302. The maximum absolute atomic E-state index is 13.0. The SMILES string of the molecule is O=C1c2ccc(O[C@@H]3CCCC[C@H]3N3CC(c4ccc(OC(F)(F)F)cc4)C3)cc2CN1N1C(=O)CCCC1=O. The first-order chi connectivity index (χ1) is 19.2. The summed E-state index contributed by atoms with van der Waals surface area (Å²) in [7, 11) is 0. The van der Waals surface area contributed by atoms with E-state index in [1.54, 1.807) is 24.3 Å². The van der Waals surface area contributed by atoms with E-state index in [2.05, 4.69) is 9.64 Å². The Kier molecular flexibility index (Phi) is 6.93. The molecule has 1 saturated carbocycles. The lowest BCUT2D eigenvalue weighted by molar-refractivity contribution is -0.274. The van der Waals surface area contributed by atoms with Crippen molar-refractivity contribution in [1.29, 1.82) is 0 Å². The van der Waals surface area contributed by atoms with Crippen molar-refractivity contribution in [1.82, 2.24) is 14.9 Å². The molecule has 212 valence electrons. The van der Waals surface area contributed by atoms with Gasteiger partial charge in [0.05, 0.1) is 6.54 Å². The molecule has 2 aromatic carbocycles. The van der Waals surface area contributed by atoms with Crippen LogP contribution in [-0.4, -0.2) is 64.2 Å². The molecule has 0 radical (unpaired) electrons. The van der Waals surface area contributed by atoms with E-state index < -0.39 is 6.36 Å². The minimum absolute atomic E-state index is 0.0335. The Bertz CT molecular complexity index is 1290. The van der Waals surface area contributed by atoms with Crippen LogP contribution < -0.4 is 9.47 Å². The van der Waals surface area contributed by atoms with Gasteiger partial charge in [0.2, 0.25) is 11.8 Å². The Morgan fingerprint density at radius 2 is 1.50 bits per heavy atom. The number of fused-ring (bicyclic) bond motifs is 1. The first-order valence-electron chi connectivity index (χ1n) is 13.7. The van der Waals surface area contributed by atoms with Gasteiger partial charge in [0, 0.05) is 43.5 Å². The van der Waals surface area contributed by atoms with Gasteiger partial charge in [-0.25, -0.2) is 5.01 Å². The van der Waals surface area contributed by atoms with Crippen molar-refractivity contribution < 1.29 is 37.0 Å². The van der Waals surface area contributed by atoms with Crippen LogP contribution >= 0.6 is 0 Å². The third-order valence-corrected chi connectivity index (χ3v) is 8.28. The normalized spacial score (nSPS) is 24.2. The number of piperidine rings is 1. The van der Waals surface area contributed by atoms with Crippen molar-refractivity contribution >= 4 is 17.7 Å². The van der Waals surface area contributed by atoms with Gasteiger partial charge in [-0.05, 0) is 67.1 Å². The summed E-state index contributed by atoms with van der Waals surface area (Å²) in [4.78, 5) is 40.1. The van der Waals surface area contributed by atoms with Gasteiger partial charge in [-0.3, -0.25) is 19.3 Å². The topological polar surface area (TPSA) is 79.4 Å². The largest absolute Gasteiger partial charge is 0.573 e. The second-order valence-electron chi connectivity index (χ2n) is 10.9. The molecule has 0 N–H and O–H groups in total. The number of rotatable bonds is 6.